The van der Waals surface area contributed by atoms with Crippen molar-refractivity contribution in [2.24, 2.45) is 5.73 Å². The van der Waals surface area contributed by atoms with Crippen molar-refractivity contribution in [3.05, 3.63) is 83.4 Å². The van der Waals surface area contributed by atoms with Gasteiger partial charge in [-0.05, 0) is 118 Å². The molecular weight excluding hydrogens is 570 g/mol. The SMILES string of the molecule is C.NC(=O)c1ccc2c(C(=O)c3ccc(OCCN4CCCCC4)cc3)c(-c3ccc(OCCN4CCCC4)cc3)sc2c1. The normalized spacial score (nSPS) is 15.6. The summed E-state index contributed by atoms with van der Waals surface area (Å²) in [6.07, 6.45) is 6.37. The van der Waals surface area contributed by atoms with E-state index in [1.165, 1.54) is 43.4 Å². The number of thiophene rings is 1. The molecule has 0 unspecified atom stereocenters. The van der Waals surface area contributed by atoms with Gasteiger partial charge in [0.15, 0.2) is 5.78 Å². The van der Waals surface area contributed by atoms with Gasteiger partial charge in [-0.3, -0.25) is 19.4 Å². The molecule has 0 spiro atoms. The number of carbonyl (C=O) groups excluding carboxylic acids is 2. The predicted molar refractivity (Wildman–Crippen MR) is 179 cm³/mol. The highest BCUT2D eigenvalue weighted by atomic mass is 32.1. The molecule has 2 fully saturated rings. The Hall–Kier alpha value is -3.72. The molecule has 2 N–H and O–H groups in total. The highest BCUT2D eigenvalue weighted by Crippen LogP contribution is 2.41. The van der Waals surface area contributed by atoms with Gasteiger partial charge in [-0.2, -0.15) is 0 Å². The van der Waals surface area contributed by atoms with Crippen molar-refractivity contribution >= 4 is 33.1 Å². The number of likely N-dealkylation sites (tertiary alicyclic amines) is 2. The molecule has 0 aliphatic carbocycles. The van der Waals surface area contributed by atoms with Crippen molar-refractivity contribution in [2.75, 3.05) is 52.5 Å². The van der Waals surface area contributed by atoms with E-state index in [-0.39, 0.29) is 13.2 Å². The molecule has 2 saturated heterocycles. The third-order valence-corrected chi connectivity index (χ3v) is 9.64. The van der Waals surface area contributed by atoms with Gasteiger partial charge in [0.1, 0.15) is 24.7 Å². The van der Waals surface area contributed by atoms with Gasteiger partial charge in [-0.15, -0.1) is 11.3 Å². The van der Waals surface area contributed by atoms with E-state index in [9.17, 15) is 9.59 Å². The molecule has 0 radical (unpaired) electrons. The van der Waals surface area contributed by atoms with Gasteiger partial charge >= 0.3 is 0 Å². The molecule has 2 aliphatic rings. The number of fused-ring (bicyclic) bond motifs is 1. The highest BCUT2D eigenvalue weighted by Gasteiger charge is 2.23. The lowest BCUT2D eigenvalue weighted by atomic mass is 9.97. The van der Waals surface area contributed by atoms with E-state index in [0.717, 1.165) is 71.3 Å². The number of carbonyl (C=O) groups is 2. The molecule has 44 heavy (non-hydrogen) atoms. The number of hydrogen-bond donors (Lipinski definition) is 1. The van der Waals surface area contributed by atoms with Crippen LogP contribution < -0.4 is 15.2 Å². The summed E-state index contributed by atoms with van der Waals surface area (Å²) in [4.78, 5) is 31.7. The second-order valence-corrected chi connectivity index (χ2v) is 12.5. The molecule has 0 saturated carbocycles. The van der Waals surface area contributed by atoms with Crippen molar-refractivity contribution < 1.29 is 19.1 Å². The molecule has 0 atom stereocenters. The van der Waals surface area contributed by atoms with Crippen LogP contribution in [0.1, 0.15) is 65.8 Å². The fourth-order valence-electron chi connectivity index (χ4n) is 6.00. The van der Waals surface area contributed by atoms with E-state index in [1.807, 2.05) is 54.6 Å². The standard InChI is InChI=1S/C35H39N3O4S.CH4/c36-35(40)27-10-15-30-31(24-27)43-34(26-8-13-29(14-9-26)42-23-21-38-18-4-5-19-38)32(30)33(39)25-6-11-28(12-7-25)41-22-20-37-16-2-1-3-17-37;/h6-15,24H,1-5,16-23H2,(H2,36,40);1H4. The number of rotatable bonds is 12. The molecule has 3 aromatic carbocycles. The Morgan fingerprint density at radius 1 is 0.705 bits per heavy atom. The maximum Gasteiger partial charge on any atom is 0.248 e. The highest BCUT2D eigenvalue weighted by molar-refractivity contribution is 7.22. The van der Waals surface area contributed by atoms with Crippen LogP contribution in [0.25, 0.3) is 20.5 Å². The van der Waals surface area contributed by atoms with Crippen LogP contribution in [0.3, 0.4) is 0 Å². The minimum atomic E-state index is -0.490. The fraction of sp³-hybridized carbons (Fsp3) is 0.389. The van der Waals surface area contributed by atoms with Crippen LogP contribution in [0.5, 0.6) is 11.5 Å². The Balaban J connectivity index is 0.00000384. The van der Waals surface area contributed by atoms with Crippen LogP contribution >= 0.6 is 11.3 Å². The minimum absolute atomic E-state index is 0. The third-order valence-electron chi connectivity index (χ3n) is 8.43. The maximum absolute atomic E-state index is 14.0. The van der Waals surface area contributed by atoms with E-state index in [2.05, 4.69) is 9.80 Å². The number of nitrogens with zero attached hydrogens (tertiary/aromatic N) is 2. The van der Waals surface area contributed by atoms with Crippen LogP contribution in [0.2, 0.25) is 0 Å². The maximum atomic E-state index is 14.0. The molecule has 0 bridgehead atoms. The predicted octanol–water partition coefficient (Wildman–Crippen LogP) is 6.87. The summed E-state index contributed by atoms with van der Waals surface area (Å²) >= 11 is 1.49. The smallest absolute Gasteiger partial charge is 0.248 e. The summed E-state index contributed by atoms with van der Waals surface area (Å²) in [5.74, 6) is 1.01. The second-order valence-electron chi connectivity index (χ2n) is 11.4. The summed E-state index contributed by atoms with van der Waals surface area (Å²) < 4.78 is 12.8. The first-order valence-electron chi connectivity index (χ1n) is 15.4. The molecule has 4 aromatic rings. The number of ketones is 1. The van der Waals surface area contributed by atoms with Crippen molar-refractivity contribution in [3.63, 3.8) is 0 Å². The van der Waals surface area contributed by atoms with Gasteiger partial charge in [0.2, 0.25) is 5.91 Å². The van der Waals surface area contributed by atoms with Crippen LogP contribution in [-0.2, 0) is 0 Å². The van der Waals surface area contributed by atoms with E-state index in [1.54, 1.807) is 12.1 Å². The van der Waals surface area contributed by atoms with Crippen molar-refractivity contribution in [1.82, 2.24) is 9.80 Å². The molecule has 3 heterocycles. The fourth-order valence-corrected chi connectivity index (χ4v) is 7.25. The van der Waals surface area contributed by atoms with Gasteiger partial charge in [0.25, 0.3) is 0 Å². The van der Waals surface area contributed by atoms with E-state index < -0.39 is 5.91 Å². The Morgan fingerprint density at radius 2 is 1.23 bits per heavy atom. The van der Waals surface area contributed by atoms with Gasteiger partial charge in [-0.1, -0.05) is 19.9 Å². The largest absolute Gasteiger partial charge is 0.492 e. The Kier molecular flexibility index (Phi) is 10.7. The summed E-state index contributed by atoms with van der Waals surface area (Å²) in [6.45, 7) is 7.72. The van der Waals surface area contributed by atoms with Crippen LogP contribution in [-0.4, -0.2) is 74.0 Å². The van der Waals surface area contributed by atoms with Crippen LogP contribution in [0, 0.1) is 0 Å². The zero-order valence-electron chi connectivity index (χ0n) is 24.6. The topological polar surface area (TPSA) is 85.1 Å². The van der Waals surface area contributed by atoms with Crippen molar-refractivity contribution in [3.8, 4) is 21.9 Å². The summed E-state index contributed by atoms with van der Waals surface area (Å²) in [6, 6.07) is 20.6. The lowest BCUT2D eigenvalue weighted by molar-refractivity contribution is 0.0999. The number of hydrogen-bond acceptors (Lipinski definition) is 7. The number of amides is 1. The molecule has 2 aliphatic heterocycles. The van der Waals surface area contributed by atoms with Gasteiger partial charge in [-0.25, -0.2) is 0 Å². The average Bonchev–Trinajstić information content (AvgIpc) is 3.70. The number of ether oxygens (including phenoxy) is 2. The summed E-state index contributed by atoms with van der Waals surface area (Å²) in [5.41, 5.74) is 8.13. The second kappa shape index (κ2) is 14.8. The number of benzene rings is 3. The zero-order chi connectivity index (χ0) is 29.6. The van der Waals surface area contributed by atoms with Gasteiger partial charge in [0, 0.05) is 44.7 Å². The first-order chi connectivity index (χ1) is 21.0. The third kappa shape index (κ3) is 7.49. The summed E-state index contributed by atoms with van der Waals surface area (Å²) in [5, 5.41) is 0.808. The average molecular weight is 614 g/mol. The van der Waals surface area contributed by atoms with Crippen LogP contribution in [0.15, 0.2) is 66.7 Å². The quantitative estimate of drug-likeness (QED) is 0.176. The number of nitrogens with two attached hydrogens (primary N) is 1. The van der Waals surface area contributed by atoms with E-state index in [0.29, 0.717) is 29.9 Å². The van der Waals surface area contributed by atoms with E-state index >= 15 is 0 Å². The number of primary amides is 1. The van der Waals surface area contributed by atoms with Crippen LogP contribution in [0.4, 0.5) is 0 Å². The molecular formula is C36H43N3O4S. The Morgan fingerprint density at radius 3 is 1.80 bits per heavy atom. The Labute approximate surface area is 264 Å². The first kappa shape index (κ1) is 31.7. The molecule has 232 valence electrons. The Bertz CT molecular complexity index is 1550. The molecule has 7 nitrogen and oxygen atoms in total. The van der Waals surface area contributed by atoms with Gasteiger partial charge < -0.3 is 15.2 Å². The monoisotopic (exact) mass is 613 g/mol. The summed E-state index contributed by atoms with van der Waals surface area (Å²) in [7, 11) is 0. The first-order valence-corrected chi connectivity index (χ1v) is 16.2. The van der Waals surface area contributed by atoms with E-state index in [4.69, 9.17) is 15.2 Å². The lowest BCUT2D eigenvalue weighted by Crippen LogP contribution is -2.33. The lowest BCUT2D eigenvalue weighted by Gasteiger charge is -2.26. The number of piperidine rings is 1. The molecule has 1 aromatic heterocycles. The zero-order valence-corrected chi connectivity index (χ0v) is 25.4. The van der Waals surface area contributed by atoms with Crippen molar-refractivity contribution in [1.29, 1.82) is 0 Å². The molecule has 6 rings (SSSR count). The minimum Gasteiger partial charge on any atom is -0.492 e. The van der Waals surface area contributed by atoms with Gasteiger partial charge in [0.05, 0.1) is 0 Å². The molecule has 1 amide bonds. The van der Waals surface area contributed by atoms with Crippen molar-refractivity contribution in [2.45, 2.75) is 39.5 Å². The molecule has 8 heteroatoms.